The summed E-state index contributed by atoms with van der Waals surface area (Å²) in [5, 5.41) is 2.95. The number of hydrogen-bond donors (Lipinski definition) is 1. The molecule has 0 saturated carbocycles. The Bertz CT molecular complexity index is 982. The molecule has 27 heavy (non-hydrogen) atoms. The zero-order valence-electron chi connectivity index (χ0n) is 15.6. The molecule has 0 spiro atoms. The van der Waals surface area contributed by atoms with Gasteiger partial charge in [-0.25, -0.2) is 9.97 Å². The number of nitrogens with zero attached hydrogens (tertiary/aromatic N) is 3. The van der Waals surface area contributed by atoms with Crippen LogP contribution in [0, 0.1) is 13.8 Å². The molecule has 0 radical (unpaired) electrons. The van der Waals surface area contributed by atoms with Gasteiger partial charge in [0.05, 0.1) is 0 Å². The quantitative estimate of drug-likeness (QED) is 0.772. The molecule has 2 heterocycles. The first-order valence-corrected chi connectivity index (χ1v) is 9.15. The lowest BCUT2D eigenvalue weighted by atomic mass is 10.1. The average Bonchev–Trinajstić information content (AvgIpc) is 3.11. The van der Waals surface area contributed by atoms with E-state index in [4.69, 9.17) is 0 Å². The van der Waals surface area contributed by atoms with Crippen molar-refractivity contribution in [1.29, 1.82) is 0 Å². The molecule has 0 unspecified atom stereocenters. The van der Waals surface area contributed by atoms with Crippen LogP contribution in [0.15, 0.2) is 54.6 Å². The van der Waals surface area contributed by atoms with E-state index in [2.05, 4.69) is 32.3 Å². The van der Waals surface area contributed by atoms with Gasteiger partial charge in [-0.3, -0.25) is 4.79 Å². The van der Waals surface area contributed by atoms with Crippen LogP contribution >= 0.6 is 0 Å². The summed E-state index contributed by atoms with van der Waals surface area (Å²) >= 11 is 0. The highest BCUT2D eigenvalue weighted by Gasteiger charge is 2.23. The van der Waals surface area contributed by atoms with E-state index in [0.29, 0.717) is 18.2 Å². The fourth-order valence-corrected chi connectivity index (χ4v) is 3.31. The fraction of sp³-hybridized carbons (Fsp3) is 0.227. The third-order valence-electron chi connectivity index (χ3n) is 4.78. The van der Waals surface area contributed by atoms with Crippen molar-refractivity contribution < 1.29 is 4.79 Å². The fourth-order valence-electron chi connectivity index (χ4n) is 3.31. The Hall–Kier alpha value is -3.21. The lowest BCUT2D eigenvalue weighted by molar-refractivity contribution is 0.0945. The number of amides is 1. The van der Waals surface area contributed by atoms with E-state index in [9.17, 15) is 4.79 Å². The lowest BCUT2D eigenvalue weighted by Crippen LogP contribution is -2.25. The molecular formula is C22H22N4O. The highest BCUT2D eigenvalue weighted by atomic mass is 16.1. The van der Waals surface area contributed by atoms with Crippen molar-refractivity contribution in [3.8, 4) is 0 Å². The van der Waals surface area contributed by atoms with Gasteiger partial charge in [-0.05, 0) is 43.5 Å². The monoisotopic (exact) mass is 358 g/mol. The lowest BCUT2D eigenvalue weighted by Gasteiger charge is -2.18. The van der Waals surface area contributed by atoms with Gasteiger partial charge in [0.25, 0.3) is 5.91 Å². The molecule has 1 aliphatic heterocycles. The largest absolute Gasteiger partial charge is 0.347 e. The molecular weight excluding hydrogens is 336 g/mol. The van der Waals surface area contributed by atoms with E-state index in [0.717, 1.165) is 29.9 Å². The minimum absolute atomic E-state index is 0.185. The Morgan fingerprint density at radius 1 is 1.07 bits per heavy atom. The third kappa shape index (κ3) is 3.67. The molecule has 5 nitrogen and oxygen atoms in total. The molecule has 4 rings (SSSR count). The number of carbonyl (C=O) groups is 1. The molecule has 136 valence electrons. The summed E-state index contributed by atoms with van der Waals surface area (Å²) in [6.07, 6.45) is 0.961. The average molecular weight is 358 g/mol. The Morgan fingerprint density at radius 2 is 1.85 bits per heavy atom. The number of carbonyl (C=O) groups excluding carboxylic acids is 1. The van der Waals surface area contributed by atoms with Crippen LogP contribution in [-0.2, 0) is 13.0 Å². The Balaban J connectivity index is 1.54. The first kappa shape index (κ1) is 17.2. The summed E-state index contributed by atoms with van der Waals surface area (Å²) in [5.41, 5.74) is 5.85. The zero-order valence-corrected chi connectivity index (χ0v) is 15.6. The number of fused-ring (bicyclic) bond motifs is 1. The maximum atomic E-state index is 12.6. The number of anilines is 2. The molecule has 2 aromatic carbocycles. The summed E-state index contributed by atoms with van der Waals surface area (Å²) in [5.74, 6) is 0.398. The second-order valence-electron chi connectivity index (χ2n) is 6.89. The molecule has 5 heteroatoms. The number of benzene rings is 2. The maximum absolute atomic E-state index is 12.6. The Kier molecular flexibility index (Phi) is 4.59. The normalized spacial score (nSPS) is 12.7. The summed E-state index contributed by atoms with van der Waals surface area (Å²) in [6, 6.07) is 18.1. The van der Waals surface area contributed by atoms with E-state index in [1.165, 1.54) is 11.1 Å². The third-order valence-corrected chi connectivity index (χ3v) is 4.78. The number of para-hydroxylation sites is 1. The van der Waals surface area contributed by atoms with Gasteiger partial charge in [0.15, 0.2) is 0 Å². The van der Waals surface area contributed by atoms with Crippen molar-refractivity contribution in [2.45, 2.75) is 26.8 Å². The first-order valence-electron chi connectivity index (χ1n) is 9.15. The maximum Gasteiger partial charge on any atom is 0.270 e. The van der Waals surface area contributed by atoms with Crippen LogP contribution < -0.4 is 10.2 Å². The molecule has 1 aromatic heterocycles. The van der Waals surface area contributed by atoms with Crippen molar-refractivity contribution in [2.75, 3.05) is 11.4 Å². The summed E-state index contributed by atoms with van der Waals surface area (Å²) in [4.78, 5) is 23.8. The Labute approximate surface area is 159 Å². The molecule has 1 aliphatic rings. The topological polar surface area (TPSA) is 58.1 Å². The minimum atomic E-state index is -0.185. The van der Waals surface area contributed by atoms with Crippen LogP contribution in [0.1, 0.15) is 32.9 Å². The second-order valence-corrected chi connectivity index (χ2v) is 6.89. The number of nitrogens with one attached hydrogen (secondary N) is 1. The molecule has 0 saturated heterocycles. The van der Waals surface area contributed by atoms with Gasteiger partial charge in [-0.2, -0.15) is 0 Å². The van der Waals surface area contributed by atoms with E-state index < -0.39 is 0 Å². The molecule has 1 amide bonds. The van der Waals surface area contributed by atoms with Crippen LogP contribution in [0.3, 0.4) is 0 Å². The molecule has 0 atom stereocenters. The number of hydrogen-bond acceptors (Lipinski definition) is 4. The van der Waals surface area contributed by atoms with E-state index >= 15 is 0 Å². The minimum Gasteiger partial charge on any atom is -0.347 e. The zero-order chi connectivity index (χ0) is 18.8. The van der Waals surface area contributed by atoms with Crippen LogP contribution in [0.25, 0.3) is 0 Å². The van der Waals surface area contributed by atoms with Crippen LogP contribution in [0.5, 0.6) is 0 Å². The van der Waals surface area contributed by atoms with E-state index in [1.807, 2.05) is 50.2 Å². The first-order chi connectivity index (χ1) is 13.1. The van der Waals surface area contributed by atoms with E-state index in [-0.39, 0.29) is 5.91 Å². The predicted octanol–water partition coefficient (Wildman–Crippen LogP) is 3.72. The van der Waals surface area contributed by atoms with Gasteiger partial charge < -0.3 is 10.2 Å². The van der Waals surface area contributed by atoms with Gasteiger partial charge >= 0.3 is 0 Å². The van der Waals surface area contributed by atoms with Crippen molar-refractivity contribution in [3.05, 3.63) is 82.7 Å². The highest BCUT2D eigenvalue weighted by molar-refractivity contribution is 5.92. The molecule has 1 N–H and O–H groups in total. The van der Waals surface area contributed by atoms with Crippen molar-refractivity contribution in [3.63, 3.8) is 0 Å². The summed E-state index contributed by atoms with van der Waals surface area (Å²) in [6.45, 7) is 5.24. The molecule has 0 aliphatic carbocycles. The molecule has 3 aromatic rings. The summed E-state index contributed by atoms with van der Waals surface area (Å²) < 4.78 is 0. The van der Waals surface area contributed by atoms with Crippen molar-refractivity contribution in [1.82, 2.24) is 15.3 Å². The SMILES string of the molecule is Cc1ccc(CNC(=O)c2cc(C)nc(N3CCc4ccccc43)n2)cc1. The molecule has 0 bridgehead atoms. The van der Waals surface area contributed by atoms with Crippen LogP contribution in [0.2, 0.25) is 0 Å². The molecule has 0 fully saturated rings. The summed E-state index contributed by atoms with van der Waals surface area (Å²) in [7, 11) is 0. The second kappa shape index (κ2) is 7.19. The van der Waals surface area contributed by atoms with Gasteiger partial charge in [-0.15, -0.1) is 0 Å². The van der Waals surface area contributed by atoms with Crippen molar-refractivity contribution >= 4 is 17.5 Å². The van der Waals surface area contributed by atoms with E-state index in [1.54, 1.807) is 6.07 Å². The Morgan fingerprint density at radius 3 is 2.67 bits per heavy atom. The number of aromatic nitrogens is 2. The van der Waals surface area contributed by atoms with Crippen LogP contribution in [0.4, 0.5) is 11.6 Å². The highest BCUT2D eigenvalue weighted by Crippen LogP contribution is 2.32. The standard InChI is InChI=1S/C22H22N4O/c1-15-7-9-17(10-8-15)14-23-21(27)19-13-16(2)24-22(25-19)26-12-11-18-5-3-4-6-20(18)26/h3-10,13H,11-12,14H2,1-2H3,(H,23,27). The van der Waals surface area contributed by atoms with Crippen molar-refractivity contribution in [2.24, 2.45) is 0 Å². The number of rotatable bonds is 4. The van der Waals surface area contributed by atoms with Gasteiger partial charge in [0, 0.05) is 24.5 Å². The van der Waals surface area contributed by atoms with Gasteiger partial charge in [0.1, 0.15) is 5.69 Å². The van der Waals surface area contributed by atoms with Gasteiger partial charge in [0.2, 0.25) is 5.95 Å². The van der Waals surface area contributed by atoms with Gasteiger partial charge in [-0.1, -0.05) is 48.0 Å². The number of aryl methyl sites for hydroxylation is 2. The van der Waals surface area contributed by atoms with Crippen LogP contribution in [-0.4, -0.2) is 22.4 Å². The predicted molar refractivity (Wildman–Crippen MR) is 106 cm³/mol. The smallest absolute Gasteiger partial charge is 0.270 e.